The molecule has 1 rings (SSSR count). The lowest BCUT2D eigenvalue weighted by Gasteiger charge is -2.16. The lowest BCUT2D eigenvalue weighted by molar-refractivity contribution is -0.147. The van der Waals surface area contributed by atoms with Crippen molar-refractivity contribution in [3.63, 3.8) is 0 Å². The minimum Gasteiger partial charge on any atom is -0.499 e. The topological polar surface area (TPSA) is 186 Å². The number of ether oxygens (including phenoxy) is 1. The summed E-state index contributed by atoms with van der Waals surface area (Å²) in [5.74, 6) is -3.51. The summed E-state index contributed by atoms with van der Waals surface area (Å²) in [5, 5.41) is 26.7. The van der Waals surface area contributed by atoms with Crippen LogP contribution in [0.1, 0.15) is 0 Å². The fourth-order valence-electron chi connectivity index (χ4n) is 1.01. The first-order valence-electron chi connectivity index (χ1n) is 3.86. The predicted molar refractivity (Wildman–Crippen MR) is 50.3 cm³/mol. The third kappa shape index (κ3) is 3.54. The molecule has 0 radical (unpaired) electrons. The minimum atomic E-state index is -4.98. The Morgan fingerprint density at radius 3 is 2.41 bits per heavy atom. The van der Waals surface area contributed by atoms with Crippen LogP contribution in [0.25, 0.3) is 0 Å². The highest BCUT2D eigenvalue weighted by Gasteiger charge is 2.42. The van der Waals surface area contributed by atoms with E-state index in [0.29, 0.717) is 0 Å². The van der Waals surface area contributed by atoms with E-state index in [-0.39, 0.29) is 6.15 Å². The van der Waals surface area contributed by atoms with Gasteiger partial charge in [-0.15, -0.1) is 0 Å². The van der Waals surface area contributed by atoms with Crippen LogP contribution in [-0.2, 0) is 24.1 Å². The smallest absolute Gasteiger partial charge is 0.446 e. The van der Waals surface area contributed by atoms with E-state index in [0.717, 1.165) is 0 Å². The molecule has 0 aromatic heterocycles. The van der Waals surface area contributed by atoms with Crippen molar-refractivity contribution in [3.8, 4) is 0 Å². The largest absolute Gasteiger partial charge is 0.499 e. The molecule has 0 saturated carbocycles. The number of aliphatic hydroxyl groups excluding tert-OH is 3. The number of cyclic esters (lactones) is 1. The molecule has 17 heavy (non-hydrogen) atoms. The summed E-state index contributed by atoms with van der Waals surface area (Å²) < 4.78 is 37.3. The summed E-state index contributed by atoms with van der Waals surface area (Å²) in [7, 11) is -4.98. The van der Waals surface area contributed by atoms with Crippen LogP contribution in [0.3, 0.4) is 0 Å². The zero-order chi connectivity index (χ0) is 12.5. The average Bonchev–Trinajstić information content (AvgIpc) is 2.43. The summed E-state index contributed by atoms with van der Waals surface area (Å²) in [4.78, 5) is 10.8. The molecular weight excluding hydrogens is 262 g/mol. The van der Waals surface area contributed by atoms with Gasteiger partial charge in [0.2, 0.25) is 11.5 Å². The van der Waals surface area contributed by atoms with Crippen LogP contribution in [0.15, 0.2) is 11.5 Å². The Morgan fingerprint density at radius 2 is 2.00 bits per heavy atom. The van der Waals surface area contributed by atoms with E-state index in [4.69, 9.17) is 19.9 Å². The van der Waals surface area contributed by atoms with Crippen molar-refractivity contribution < 1.29 is 42.0 Å². The molecule has 11 heteroatoms. The van der Waals surface area contributed by atoms with E-state index in [2.05, 4.69) is 8.92 Å². The minimum absolute atomic E-state index is 0. The quantitative estimate of drug-likeness (QED) is 0.283. The third-order valence-corrected chi connectivity index (χ3v) is 2.04. The van der Waals surface area contributed by atoms with Gasteiger partial charge < -0.3 is 30.4 Å². The molecule has 0 fully saturated rings. The molecule has 0 spiro atoms. The molecule has 0 aliphatic carbocycles. The number of aliphatic hydroxyl groups is 3. The molecular formula is C6H11NO9S. The zero-order valence-corrected chi connectivity index (χ0v) is 9.12. The van der Waals surface area contributed by atoms with Crippen LogP contribution in [-0.4, -0.2) is 53.1 Å². The van der Waals surface area contributed by atoms with Gasteiger partial charge in [0.05, 0.1) is 6.61 Å². The SMILES string of the molecule is N.O=C1O[C@H]([C@@H](O)CO)C(OS(=O)(=O)O)=C1O. The van der Waals surface area contributed by atoms with Gasteiger partial charge in [-0.05, 0) is 0 Å². The molecule has 10 nitrogen and oxygen atoms in total. The second-order valence-corrected chi connectivity index (χ2v) is 3.82. The van der Waals surface area contributed by atoms with Gasteiger partial charge in [-0.1, -0.05) is 0 Å². The summed E-state index contributed by atoms with van der Waals surface area (Å²) >= 11 is 0. The van der Waals surface area contributed by atoms with Gasteiger partial charge in [0.25, 0.3) is 0 Å². The first kappa shape index (κ1) is 15.6. The number of carbonyl (C=O) groups excluding carboxylic acids is 1. The lowest BCUT2D eigenvalue weighted by Crippen LogP contribution is -2.33. The van der Waals surface area contributed by atoms with E-state index >= 15 is 0 Å². The maximum Gasteiger partial charge on any atom is 0.446 e. The summed E-state index contributed by atoms with van der Waals surface area (Å²) in [5.41, 5.74) is 0. The lowest BCUT2D eigenvalue weighted by atomic mass is 10.2. The van der Waals surface area contributed by atoms with E-state index in [1.165, 1.54) is 0 Å². The van der Waals surface area contributed by atoms with Crippen molar-refractivity contribution in [1.29, 1.82) is 0 Å². The second-order valence-electron chi connectivity index (χ2n) is 2.80. The Balaban J connectivity index is 0.00000256. The van der Waals surface area contributed by atoms with Crippen molar-refractivity contribution in [2.75, 3.05) is 6.61 Å². The Bertz CT molecular complexity index is 427. The van der Waals surface area contributed by atoms with Gasteiger partial charge in [-0.25, -0.2) is 4.79 Å². The van der Waals surface area contributed by atoms with Gasteiger partial charge in [-0.3, -0.25) is 4.55 Å². The summed E-state index contributed by atoms with van der Waals surface area (Å²) in [6.45, 7) is -0.871. The van der Waals surface area contributed by atoms with Crippen molar-refractivity contribution in [3.05, 3.63) is 11.5 Å². The Kier molecular flexibility index (Phi) is 4.85. The fourth-order valence-corrected chi connectivity index (χ4v) is 1.41. The zero-order valence-electron chi connectivity index (χ0n) is 8.31. The van der Waals surface area contributed by atoms with Crippen LogP contribution in [0.2, 0.25) is 0 Å². The second kappa shape index (κ2) is 5.29. The fraction of sp³-hybridized carbons (Fsp3) is 0.500. The van der Waals surface area contributed by atoms with Gasteiger partial charge in [-0.2, -0.15) is 8.42 Å². The number of rotatable bonds is 4. The van der Waals surface area contributed by atoms with Crippen molar-refractivity contribution >= 4 is 16.4 Å². The van der Waals surface area contributed by atoms with Crippen molar-refractivity contribution in [2.24, 2.45) is 0 Å². The van der Waals surface area contributed by atoms with Crippen LogP contribution in [0, 0.1) is 0 Å². The summed E-state index contributed by atoms with van der Waals surface area (Å²) in [6.07, 6.45) is -3.38. The van der Waals surface area contributed by atoms with E-state index in [1.54, 1.807) is 0 Å². The molecule has 100 valence electrons. The van der Waals surface area contributed by atoms with E-state index < -0.39 is 46.7 Å². The molecule has 0 bridgehead atoms. The molecule has 7 N–H and O–H groups in total. The van der Waals surface area contributed by atoms with Crippen LogP contribution < -0.4 is 6.15 Å². The maximum atomic E-state index is 10.8. The molecule has 0 amide bonds. The molecule has 1 heterocycles. The number of hydrogen-bond donors (Lipinski definition) is 5. The normalized spacial score (nSPS) is 21.8. The van der Waals surface area contributed by atoms with Gasteiger partial charge >= 0.3 is 16.4 Å². The number of carbonyl (C=O) groups is 1. The molecule has 2 atom stereocenters. The molecule has 1 aliphatic heterocycles. The third-order valence-electron chi connectivity index (χ3n) is 1.65. The Hall–Kier alpha value is -1.40. The maximum absolute atomic E-state index is 10.8. The Labute approximate surface area is 95.6 Å². The van der Waals surface area contributed by atoms with Crippen LogP contribution in [0.5, 0.6) is 0 Å². The Morgan fingerprint density at radius 1 is 1.47 bits per heavy atom. The van der Waals surface area contributed by atoms with Crippen molar-refractivity contribution in [1.82, 2.24) is 6.15 Å². The highest BCUT2D eigenvalue weighted by molar-refractivity contribution is 7.81. The molecule has 0 aromatic rings. The first-order chi connectivity index (χ1) is 7.26. The van der Waals surface area contributed by atoms with Crippen molar-refractivity contribution in [2.45, 2.75) is 12.2 Å². The van der Waals surface area contributed by atoms with E-state index in [9.17, 15) is 13.2 Å². The van der Waals surface area contributed by atoms with Gasteiger partial charge in [0.1, 0.15) is 6.10 Å². The van der Waals surface area contributed by atoms with Crippen LogP contribution in [0.4, 0.5) is 0 Å². The van der Waals surface area contributed by atoms with Gasteiger partial charge in [0.15, 0.2) is 6.10 Å². The summed E-state index contributed by atoms with van der Waals surface area (Å²) in [6, 6.07) is 0. The van der Waals surface area contributed by atoms with Gasteiger partial charge in [0, 0.05) is 0 Å². The average molecular weight is 273 g/mol. The highest BCUT2D eigenvalue weighted by atomic mass is 32.3. The van der Waals surface area contributed by atoms with Crippen LogP contribution >= 0.6 is 0 Å². The number of hydrogen-bond acceptors (Lipinski definition) is 9. The molecule has 0 saturated heterocycles. The highest BCUT2D eigenvalue weighted by Crippen LogP contribution is 2.25. The first-order valence-corrected chi connectivity index (χ1v) is 5.22. The standard InChI is InChI=1S/C6H8O9S.H3N/c7-1-2(8)4-5(15-16(11,12)13)3(9)6(10)14-4;/h2,4,7-9H,1H2,(H,11,12,13);1H3/t2-,4+;/m0./s1. The molecule has 1 aliphatic rings. The number of esters is 1. The monoisotopic (exact) mass is 273 g/mol. The molecule has 0 aromatic carbocycles. The van der Waals surface area contributed by atoms with E-state index in [1.807, 2.05) is 0 Å². The predicted octanol–water partition coefficient (Wildman–Crippen LogP) is -1.98. The molecule has 0 unspecified atom stereocenters.